The molecule has 0 aliphatic carbocycles. The molecule has 0 aliphatic rings. The zero-order valence-corrected chi connectivity index (χ0v) is 15.5. The van der Waals surface area contributed by atoms with Crippen molar-refractivity contribution in [3.05, 3.63) is 60.2 Å². The summed E-state index contributed by atoms with van der Waals surface area (Å²) < 4.78 is 24.5. The number of nitrogens with one attached hydrogen (secondary N) is 2. The van der Waals surface area contributed by atoms with E-state index < -0.39 is 10.0 Å². The maximum atomic E-state index is 12.1. The van der Waals surface area contributed by atoms with Crippen molar-refractivity contribution in [2.45, 2.75) is 6.42 Å². The van der Waals surface area contributed by atoms with Gasteiger partial charge in [0.25, 0.3) is 0 Å². The zero-order valence-electron chi connectivity index (χ0n) is 13.8. The number of anilines is 2. The lowest BCUT2D eigenvalue weighted by molar-refractivity contribution is -0.115. The lowest BCUT2D eigenvalue weighted by Gasteiger charge is -2.04. The predicted octanol–water partition coefficient (Wildman–Crippen LogP) is 2.76. The third kappa shape index (κ3) is 5.11. The van der Waals surface area contributed by atoms with Crippen LogP contribution in [0.1, 0.15) is 5.56 Å². The lowest BCUT2D eigenvalue weighted by atomic mass is 10.0. The molecule has 0 spiro atoms. The molecule has 1 amide bonds. The Kier molecular flexibility index (Phi) is 5.29. The van der Waals surface area contributed by atoms with E-state index in [0.717, 1.165) is 34.3 Å². The number of nitrogens with zero attached hydrogens (tertiary/aromatic N) is 2. The third-order valence-corrected chi connectivity index (χ3v) is 4.82. The highest BCUT2D eigenvalue weighted by Gasteiger charge is 2.11. The average molecular weight is 388 g/mol. The van der Waals surface area contributed by atoms with Crippen LogP contribution in [0.25, 0.3) is 11.1 Å². The SMILES string of the molecule is CS(=O)(=O)Nc1nnc(NC(=O)Cc2ccc(-c3ccccc3)cc2)s1. The summed E-state index contributed by atoms with van der Waals surface area (Å²) in [4.78, 5) is 12.1. The fourth-order valence-corrected chi connectivity index (χ4v) is 3.76. The third-order valence-electron chi connectivity index (χ3n) is 3.37. The Bertz CT molecular complexity index is 1000. The molecule has 3 rings (SSSR count). The Morgan fingerprint density at radius 2 is 1.58 bits per heavy atom. The first kappa shape index (κ1) is 18.0. The molecule has 9 heteroatoms. The van der Waals surface area contributed by atoms with Crippen LogP contribution < -0.4 is 10.0 Å². The summed E-state index contributed by atoms with van der Waals surface area (Å²) in [5, 5.41) is 10.4. The van der Waals surface area contributed by atoms with Crippen LogP contribution in [0.3, 0.4) is 0 Å². The molecule has 1 aromatic heterocycles. The molecule has 3 aromatic rings. The summed E-state index contributed by atoms with van der Waals surface area (Å²) in [7, 11) is -3.42. The molecule has 0 fully saturated rings. The van der Waals surface area contributed by atoms with Gasteiger partial charge in [-0.05, 0) is 16.7 Å². The summed E-state index contributed by atoms with van der Waals surface area (Å²) >= 11 is 0.954. The van der Waals surface area contributed by atoms with Crippen molar-refractivity contribution in [3.63, 3.8) is 0 Å². The van der Waals surface area contributed by atoms with E-state index in [9.17, 15) is 13.2 Å². The van der Waals surface area contributed by atoms with Crippen LogP contribution >= 0.6 is 11.3 Å². The number of carbonyl (C=O) groups excluding carboxylic acids is 1. The van der Waals surface area contributed by atoms with Gasteiger partial charge in [0.1, 0.15) is 0 Å². The molecule has 2 N–H and O–H groups in total. The number of benzene rings is 2. The summed E-state index contributed by atoms with van der Waals surface area (Å²) in [6.45, 7) is 0. The van der Waals surface area contributed by atoms with Crippen LogP contribution in [0.4, 0.5) is 10.3 Å². The van der Waals surface area contributed by atoms with Gasteiger partial charge in [0.05, 0.1) is 12.7 Å². The van der Waals surface area contributed by atoms with Crippen molar-refractivity contribution in [2.75, 3.05) is 16.3 Å². The van der Waals surface area contributed by atoms with Crippen molar-refractivity contribution < 1.29 is 13.2 Å². The minimum Gasteiger partial charge on any atom is -0.300 e. The van der Waals surface area contributed by atoms with E-state index in [1.54, 1.807) is 0 Å². The van der Waals surface area contributed by atoms with Gasteiger partial charge in [-0.25, -0.2) is 8.42 Å². The Balaban J connectivity index is 1.60. The number of hydrogen-bond donors (Lipinski definition) is 2. The first-order valence-corrected chi connectivity index (χ1v) is 10.4. The topological polar surface area (TPSA) is 101 Å². The van der Waals surface area contributed by atoms with Crippen LogP contribution in [0.2, 0.25) is 0 Å². The Morgan fingerprint density at radius 3 is 2.23 bits per heavy atom. The monoisotopic (exact) mass is 388 g/mol. The smallest absolute Gasteiger partial charge is 0.231 e. The number of carbonyl (C=O) groups is 1. The molecular weight excluding hydrogens is 372 g/mol. The van der Waals surface area contributed by atoms with Gasteiger partial charge in [0.2, 0.25) is 26.2 Å². The lowest BCUT2D eigenvalue weighted by Crippen LogP contribution is -2.14. The molecule has 0 bridgehead atoms. The molecule has 26 heavy (non-hydrogen) atoms. The van der Waals surface area contributed by atoms with Crippen molar-refractivity contribution in [3.8, 4) is 11.1 Å². The number of rotatable bonds is 6. The molecule has 0 saturated carbocycles. The Labute approximate surface area is 155 Å². The number of amides is 1. The molecule has 0 radical (unpaired) electrons. The van der Waals surface area contributed by atoms with E-state index >= 15 is 0 Å². The number of sulfonamides is 1. The second kappa shape index (κ2) is 7.63. The Hall–Kier alpha value is -2.78. The molecular formula is C17H16N4O3S2. The molecule has 0 saturated heterocycles. The highest BCUT2D eigenvalue weighted by molar-refractivity contribution is 7.92. The second-order valence-corrected chi connectivity index (χ2v) is 8.30. The molecule has 0 aliphatic heterocycles. The number of aromatic nitrogens is 2. The largest absolute Gasteiger partial charge is 0.300 e. The highest BCUT2D eigenvalue weighted by atomic mass is 32.2. The van der Waals surface area contributed by atoms with E-state index in [1.165, 1.54) is 0 Å². The van der Waals surface area contributed by atoms with Gasteiger partial charge >= 0.3 is 0 Å². The van der Waals surface area contributed by atoms with Crippen molar-refractivity contribution in [1.82, 2.24) is 10.2 Å². The fraction of sp³-hybridized carbons (Fsp3) is 0.118. The first-order chi connectivity index (χ1) is 12.4. The van der Waals surface area contributed by atoms with Crippen LogP contribution in [-0.2, 0) is 21.2 Å². The van der Waals surface area contributed by atoms with Gasteiger partial charge in [0, 0.05) is 0 Å². The average Bonchev–Trinajstić information content (AvgIpc) is 3.01. The van der Waals surface area contributed by atoms with Gasteiger partial charge in [-0.1, -0.05) is 65.9 Å². The van der Waals surface area contributed by atoms with Crippen LogP contribution in [-0.4, -0.2) is 30.8 Å². The minimum atomic E-state index is -3.42. The number of hydrogen-bond acceptors (Lipinski definition) is 6. The van der Waals surface area contributed by atoms with Gasteiger partial charge in [-0.2, -0.15) is 0 Å². The highest BCUT2D eigenvalue weighted by Crippen LogP contribution is 2.22. The van der Waals surface area contributed by atoms with Crippen LogP contribution in [0.5, 0.6) is 0 Å². The molecule has 7 nitrogen and oxygen atoms in total. The van der Waals surface area contributed by atoms with Gasteiger partial charge in [-0.3, -0.25) is 9.52 Å². The van der Waals surface area contributed by atoms with E-state index in [-0.39, 0.29) is 22.6 Å². The molecule has 2 aromatic carbocycles. The minimum absolute atomic E-state index is 0.106. The quantitative estimate of drug-likeness (QED) is 0.676. The van der Waals surface area contributed by atoms with E-state index in [0.29, 0.717) is 0 Å². The Morgan fingerprint density at radius 1 is 0.962 bits per heavy atom. The summed E-state index contributed by atoms with van der Waals surface area (Å²) in [5.74, 6) is -0.250. The fourth-order valence-electron chi connectivity index (χ4n) is 2.27. The second-order valence-electron chi connectivity index (χ2n) is 5.57. The van der Waals surface area contributed by atoms with E-state index in [2.05, 4.69) is 20.2 Å². The molecule has 134 valence electrons. The van der Waals surface area contributed by atoms with Gasteiger partial charge in [-0.15, -0.1) is 10.2 Å². The maximum Gasteiger partial charge on any atom is 0.231 e. The van der Waals surface area contributed by atoms with Gasteiger partial charge in [0.15, 0.2) is 0 Å². The maximum absolute atomic E-state index is 12.1. The summed E-state index contributed by atoms with van der Waals surface area (Å²) in [6, 6.07) is 17.7. The van der Waals surface area contributed by atoms with Crippen LogP contribution in [0, 0.1) is 0 Å². The molecule has 0 unspecified atom stereocenters. The van der Waals surface area contributed by atoms with E-state index in [4.69, 9.17) is 0 Å². The van der Waals surface area contributed by atoms with Crippen molar-refractivity contribution in [2.24, 2.45) is 0 Å². The van der Waals surface area contributed by atoms with Crippen LogP contribution in [0.15, 0.2) is 54.6 Å². The molecule has 0 atom stereocenters. The predicted molar refractivity (Wildman–Crippen MR) is 103 cm³/mol. The zero-order chi connectivity index (χ0) is 18.6. The van der Waals surface area contributed by atoms with E-state index in [1.807, 2.05) is 54.6 Å². The van der Waals surface area contributed by atoms with Gasteiger partial charge < -0.3 is 5.32 Å². The molecule has 1 heterocycles. The first-order valence-electron chi connectivity index (χ1n) is 7.64. The summed E-state index contributed by atoms with van der Waals surface area (Å²) in [5.41, 5.74) is 3.06. The van der Waals surface area contributed by atoms with Crippen molar-refractivity contribution in [1.29, 1.82) is 0 Å². The normalized spacial score (nSPS) is 11.1. The summed E-state index contributed by atoms with van der Waals surface area (Å²) in [6.07, 6.45) is 1.20. The van der Waals surface area contributed by atoms with Crippen molar-refractivity contribution >= 4 is 37.5 Å². The standard InChI is InChI=1S/C17H16N4O3S2/c1-26(23,24)21-17-20-19-16(25-17)18-15(22)11-12-7-9-14(10-8-12)13-5-3-2-4-6-13/h2-10H,11H2,1H3,(H,20,21)(H,18,19,22).